The Labute approximate surface area is 97.7 Å². The minimum atomic E-state index is -3.71. The molecule has 5 nitrogen and oxygen atoms in total. The highest BCUT2D eigenvalue weighted by atomic mass is 32.2. The van der Waals surface area contributed by atoms with Gasteiger partial charge in [0.1, 0.15) is 5.82 Å². The van der Waals surface area contributed by atoms with Crippen LogP contribution in [0.3, 0.4) is 0 Å². The van der Waals surface area contributed by atoms with E-state index in [1.807, 2.05) is 0 Å². The summed E-state index contributed by atoms with van der Waals surface area (Å²) >= 11 is 0. The standard InChI is InChI=1S/C10H10FN3O2S/c1-7-4-8(11)2-3-10(7)17(15,16)14-9-5-12-13-6-9/h2-6,14H,1H3,(H,12,13). The van der Waals surface area contributed by atoms with Crippen LogP contribution in [0, 0.1) is 12.7 Å². The number of nitrogens with zero attached hydrogens (tertiary/aromatic N) is 1. The molecule has 0 atom stereocenters. The molecule has 0 unspecified atom stereocenters. The van der Waals surface area contributed by atoms with E-state index in [1.165, 1.54) is 31.5 Å². The molecule has 0 radical (unpaired) electrons. The lowest BCUT2D eigenvalue weighted by Gasteiger charge is -2.08. The summed E-state index contributed by atoms with van der Waals surface area (Å²) in [7, 11) is -3.71. The average molecular weight is 255 g/mol. The molecule has 0 saturated carbocycles. The van der Waals surface area contributed by atoms with Gasteiger partial charge in [-0.1, -0.05) is 0 Å². The van der Waals surface area contributed by atoms with Crippen LogP contribution in [0.5, 0.6) is 0 Å². The van der Waals surface area contributed by atoms with E-state index in [1.54, 1.807) is 0 Å². The fourth-order valence-corrected chi connectivity index (χ4v) is 2.69. The van der Waals surface area contributed by atoms with Crippen LogP contribution in [0.15, 0.2) is 35.5 Å². The average Bonchev–Trinajstić information content (AvgIpc) is 2.68. The van der Waals surface area contributed by atoms with E-state index < -0.39 is 15.8 Å². The number of aryl methyl sites for hydroxylation is 1. The summed E-state index contributed by atoms with van der Waals surface area (Å²) in [5.41, 5.74) is 0.676. The predicted octanol–water partition coefficient (Wildman–Crippen LogP) is 1.66. The Morgan fingerprint density at radius 2 is 2.18 bits per heavy atom. The van der Waals surface area contributed by atoms with Crippen molar-refractivity contribution in [3.05, 3.63) is 42.0 Å². The molecule has 0 saturated heterocycles. The van der Waals surface area contributed by atoms with Gasteiger partial charge in [0.15, 0.2) is 0 Å². The second-order valence-electron chi connectivity index (χ2n) is 3.50. The summed E-state index contributed by atoms with van der Waals surface area (Å²) in [6, 6.07) is 3.51. The molecular formula is C10H10FN3O2S. The van der Waals surface area contributed by atoms with E-state index in [-0.39, 0.29) is 4.90 Å². The van der Waals surface area contributed by atoms with Crippen molar-refractivity contribution in [2.24, 2.45) is 0 Å². The lowest BCUT2D eigenvalue weighted by molar-refractivity contribution is 0.598. The molecule has 0 bridgehead atoms. The third-order valence-electron chi connectivity index (χ3n) is 2.18. The van der Waals surface area contributed by atoms with Crippen LogP contribution in [-0.2, 0) is 10.0 Å². The maximum Gasteiger partial charge on any atom is 0.262 e. The van der Waals surface area contributed by atoms with Gasteiger partial charge in [0, 0.05) is 6.20 Å². The molecule has 1 aromatic carbocycles. The Morgan fingerprint density at radius 1 is 1.41 bits per heavy atom. The molecule has 0 fully saturated rings. The number of rotatable bonds is 3. The van der Waals surface area contributed by atoms with Gasteiger partial charge in [-0.2, -0.15) is 5.10 Å². The highest BCUT2D eigenvalue weighted by Gasteiger charge is 2.17. The number of hydrogen-bond acceptors (Lipinski definition) is 3. The smallest absolute Gasteiger partial charge is 0.262 e. The Morgan fingerprint density at radius 3 is 2.76 bits per heavy atom. The Hall–Kier alpha value is -1.89. The molecule has 2 N–H and O–H groups in total. The second kappa shape index (κ2) is 4.17. The van der Waals surface area contributed by atoms with Gasteiger partial charge in [0.2, 0.25) is 0 Å². The van der Waals surface area contributed by atoms with Crippen LogP contribution in [-0.4, -0.2) is 18.6 Å². The van der Waals surface area contributed by atoms with Crippen LogP contribution in [0.1, 0.15) is 5.56 Å². The van der Waals surface area contributed by atoms with E-state index in [9.17, 15) is 12.8 Å². The van der Waals surface area contributed by atoms with Gasteiger partial charge in [-0.05, 0) is 30.7 Å². The molecular weight excluding hydrogens is 245 g/mol. The van der Waals surface area contributed by atoms with Gasteiger partial charge < -0.3 is 0 Å². The SMILES string of the molecule is Cc1cc(F)ccc1S(=O)(=O)Nc1cn[nH]c1. The first-order chi connectivity index (χ1) is 7.99. The summed E-state index contributed by atoms with van der Waals surface area (Å²) < 4.78 is 39.1. The van der Waals surface area contributed by atoms with Crippen molar-refractivity contribution < 1.29 is 12.8 Å². The van der Waals surface area contributed by atoms with E-state index >= 15 is 0 Å². The van der Waals surface area contributed by atoms with E-state index in [4.69, 9.17) is 0 Å². The molecule has 1 aromatic heterocycles. The molecule has 2 rings (SSSR count). The summed E-state index contributed by atoms with van der Waals surface area (Å²) in [4.78, 5) is 0.0418. The Balaban J connectivity index is 2.38. The number of benzene rings is 1. The third-order valence-corrected chi connectivity index (χ3v) is 3.72. The van der Waals surface area contributed by atoms with Crippen molar-refractivity contribution in [2.75, 3.05) is 4.72 Å². The largest absolute Gasteiger partial charge is 0.284 e. The first-order valence-corrected chi connectivity index (χ1v) is 6.25. The van der Waals surface area contributed by atoms with Gasteiger partial charge in [-0.3, -0.25) is 9.82 Å². The summed E-state index contributed by atoms with van der Waals surface area (Å²) in [5, 5.41) is 6.12. The first kappa shape index (κ1) is 11.6. The van der Waals surface area contributed by atoms with Crippen molar-refractivity contribution in [2.45, 2.75) is 11.8 Å². The zero-order valence-electron chi connectivity index (χ0n) is 8.94. The van der Waals surface area contributed by atoms with Crippen LogP contribution in [0.25, 0.3) is 0 Å². The van der Waals surface area contributed by atoms with Crippen LogP contribution in [0.2, 0.25) is 0 Å². The number of sulfonamides is 1. The normalized spacial score (nSPS) is 11.4. The topological polar surface area (TPSA) is 74.8 Å². The van der Waals surface area contributed by atoms with Crippen LogP contribution in [0.4, 0.5) is 10.1 Å². The number of aromatic amines is 1. The quantitative estimate of drug-likeness (QED) is 0.875. The van der Waals surface area contributed by atoms with Crippen molar-refractivity contribution >= 4 is 15.7 Å². The van der Waals surface area contributed by atoms with Crippen molar-refractivity contribution in [3.63, 3.8) is 0 Å². The summed E-state index contributed by atoms with van der Waals surface area (Å²) in [6.45, 7) is 1.53. The Kier molecular flexibility index (Phi) is 2.84. The van der Waals surface area contributed by atoms with Crippen molar-refractivity contribution in [1.82, 2.24) is 10.2 Å². The van der Waals surface area contributed by atoms with Gasteiger partial charge in [0.05, 0.1) is 16.8 Å². The lowest BCUT2D eigenvalue weighted by Crippen LogP contribution is -2.13. The number of hydrogen-bond donors (Lipinski definition) is 2. The second-order valence-corrected chi connectivity index (χ2v) is 5.15. The fourth-order valence-electron chi connectivity index (χ4n) is 1.43. The predicted molar refractivity (Wildman–Crippen MR) is 60.5 cm³/mol. The molecule has 7 heteroatoms. The van der Waals surface area contributed by atoms with Crippen LogP contribution >= 0.6 is 0 Å². The molecule has 1 heterocycles. The fraction of sp³-hybridized carbons (Fsp3) is 0.100. The zero-order valence-corrected chi connectivity index (χ0v) is 9.75. The minimum Gasteiger partial charge on any atom is -0.284 e. The minimum absolute atomic E-state index is 0.0418. The van der Waals surface area contributed by atoms with Gasteiger partial charge >= 0.3 is 0 Å². The summed E-state index contributed by atoms with van der Waals surface area (Å²) in [5.74, 6) is -0.468. The molecule has 0 amide bonds. The number of anilines is 1. The molecule has 0 spiro atoms. The summed E-state index contributed by atoms with van der Waals surface area (Å²) in [6.07, 6.45) is 2.76. The molecule has 0 aliphatic rings. The monoisotopic (exact) mass is 255 g/mol. The van der Waals surface area contributed by atoms with Crippen molar-refractivity contribution in [3.8, 4) is 0 Å². The van der Waals surface area contributed by atoms with Gasteiger partial charge in [0.25, 0.3) is 10.0 Å². The molecule has 0 aliphatic carbocycles. The van der Waals surface area contributed by atoms with Gasteiger partial charge in [-0.15, -0.1) is 0 Å². The lowest BCUT2D eigenvalue weighted by atomic mass is 10.2. The third kappa shape index (κ3) is 2.44. The number of halogens is 1. The number of H-pyrrole nitrogens is 1. The van der Waals surface area contributed by atoms with E-state index in [0.29, 0.717) is 11.3 Å². The number of nitrogens with one attached hydrogen (secondary N) is 2. The molecule has 17 heavy (non-hydrogen) atoms. The molecule has 2 aromatic rings. The van der Waals surface area contributed by atoms with E-state index in [0.717, 1.165) is 6.07 Å². The maximum atomic E-state index is 12.9. The van der Waals surface area contributed by atoms with Gasteiger partial charge in [-0.25, -0.2) is 12.8 Å². The maximum absolute atomic E-state index is 12.9. The number of aromatic nitrogens is 2. The molecule has 90 valence electrons. The van der Waals surface area contributed by atoms with Crippen LogP contribution < -0.4 is 4.72 Å². The highest BCUT2D eigenvalue weighted by Crippen LogP contribution is 2.19. The van der Waals surface area contributed by atoms with Crippen molar-refractivity contribution in [1.29, 1.82) is 0 Å². The van der Waals surface area contributed by atoms with E-state index in [2.05, 4.69) is 14.9 Å². The zero-order chi connectivity index (χ0) is 12.5. The highest BCUT2D eigenvalue weighted by molar-refractivity contribution is 7.92. The molecule has 0 aliphatic heterocycles. The Bertz CT molecular complexity index is 623. The first-order valence-electron chi connectivity index (χ1n) is 4.77.